The van der Waals surface area contributed by atoms with Crippen LogP contribution in [0.1, 0.15) is 18.5 Å². The van der Waals surface area contributed by atoms with E-state index in [-0.39, 0.29) is 11.3 Å². The molecule has 2 N–H and O–H groups in total. The third-order valence-electron chi connectivity index (χ3n) is 5.10. The van der Waals surface area contributed by atoms with Crippen LogP contribution in [0, 0.1) is 0 Å². The molecule has 0 saturated carbocycles. The lowest BCUT2D eigenvalue weighted by molar-refractivity contribution is -0.113. The van der Waals surface area contributed by atoms with Crippen molar-refractivity contribution in [3.05, 3.63) is 59.3 Å². The summed E-state index contributed by atoms with van der Waals surface area (Å²) in [5.41, 5.74) is 1.59. The normalized spacial score (nSPS) is 16.0. The number of hydrogen-bond donors (Lipinski definition) is 2. The lowest BCUT2D eigenvalue weighted by Crippen LogP contribution is -2.46. The molecule has 2 aromatic carbocycles. The highest BCUT2D eigenvalue weighted by Gasteiger charge is 2.34. The molecule has 32 heavy (non-hydrogen) atoms. The zero-order valence-corrected chi connectivity index (χ0v) is 18.8. The fourth-order valence-corrected chi connectivity index (χ4v) is 3.64. The van der Waals surface area contributed by atoms with Crippen molar-refractivity contribution >= 4 is 28.9 Å². The number of thiocarbonyl (C=S) groups is 1. The first-order valence-electron chi connectivity index (χ1n) is 9.59. The summed E-state index contributed by atoms with van der Waals surface area (Å²) in [4.78, 5) is 15.1. The van der Waals surface area contributed by atoms with Gasteiger partial charge in [-0.1, -0.05) is 18.2 Å². The summed E-state index contributed by atoms with van der Waals surface area (Å²) in [5.74, 6) is 0.444. The Kier molecular flexibility index (Phi) is 7.14. The number of methoxy groups -OCH3 is 2. The van der Waals surface area contributed by atoms with Crippen LogP contribution in [0.2, 0.25) is 0 Å². The number of rotatable bonds is 7. The Bertz CT molecular complexity index is 1060. The minimum Gasteiger partial charge on any atom is -0.497 e. The molecule has 1 amide bonds. The number of halogens is 2. The van der Waals surface area contributed by atoms with Crippen LogP contribution in [0.4, 0.5) is 14.5 Å². The van der Waals surface area contributed by atoms with Gasteiger partial charge >= 0.3 is 6.61 Å². The fourth-order valence-electron chi connectivity index (χ4n) is 3.39. The Morgan fingerprint density at radius 2 is 1.88 bits per heavy atom. The molecule has 0 spiro atoms. The number of anilines is 1. The van der Waals surface area contributed by atoms with Crippen molar-refractivity contribution in [2.45, 2.75) is 19.6 Å². The van der Waals surface area contributed by atoms with Gasteiger partial charge in [-0.15, -0.1) is 0 Å². The van der Waals surface area contributed by atoms with Gasteiger partial charge in [0.15, 0.2) is 5.11 Å². The van der Waals surface area contributed by atoms with E-state index in [1.54, 1.807) is 55.3 Å². The molecule has 170 valence electrons. The maximum absolute atomic E-state index is 13.5. The van der Waals surface area contributed by atoms with E-state index in [9.17, 15) is 13.6 Å². The Morgan fingerprint density at radius 1 is 1.16 bits per heavy atom. The number of hydrogen-bond acceptors (Lipinski definition) is 5. The summed E-state index contributed by atoms with van der Waals surface area (Å²) < 4.78 is 41.2. The molecule has 3 rings (SSSR count). The molecular formula is C22H23F2N3O4S. The van der Waals surface area contributed by atoms with E-state index in [0.717, 1.165) is 0 Å². The Morgan fingerprint density at radius 3 is 2.53 bits per heavy atom. The Labute approximate surface area is 189 Å². The van der Waals surface area contributed by atoms with Crippen molar-refractivity contribution in [2.24, 2.45) is 0 Å². The number of nitrogens with zero attached hydrogens (tertiary/aromatic N) is 1. The van der Waals surface area contributed by atoms with Gasteiger partial charge in [0.25, 0.3) is 5.91 Å². The molecule has 1 heterocycles. The molecule has 0 saturated heterocycles. The van der Waals surface area contributed by atoms with Crippen molar-refractivity contribution in [1.29, 1.82) is 0 Å². The minimum absolute atomic E-state index is 0.0515. The van der Waals surface area contributed by atoms with Gasteiger partial charge in [0, 0.05) is 24.4 Å². The van der Waals surface area contributed by atoms with Gasteiger partial charge in [0.05, 0.1) is 31.5 Å². The van der Waals surface area contributed by atoms with Crippen LogP contribution in [0.15, 0.2) is 53.7 Å². The number of para-hydroxylation sites is 1. The molecule has 0 bridgehead atoms. The molecule has 7 nitrogen and oxygen atoms in total. The van der Waals surface area contributed by atoms with Gasteiger partial charge in [-0.25, -0.2) is 0 Å². The van der Waals surface area contributed by atoms with Crippen molar-refractivity contribution in [1.82, 2.24) is 10.2 Å². The van der Waals surface area contributed by atoms with Crippen LogP contribution < -0.4 is 24.8 Å². The van der Waals surface area contributed by atoms with Crippen LogP contribution in [0.3, 0.4) is 0 Å². The summed E-state index contributed by atoms with van der Waals surface area (Å²) in [5, 5.41) is 6.23. The Hall–Kier alpha value is -3.40. The third-order valence-corrected chi connectivity index (χ3v) is 5.49. The SMILES string of the molecule is COc1ccc(OC)c(NC(=O)C2=C(C)N(C)C(=S)NC2c2ccccc2OC(F)F)c1. The molecular weight excluding hydrogens is 440 g/mol. The monoisotopic (exact) mass is 463 g/mol. The molecule has 1 aliphatic heterocycles. The van der Waals surface area contributed by atoms with Gasteiger partial charge in [-0.2, -0.15) is 8.78 Å². The second kappa shape index (κ2) is 9.82. The van der Waals surface area contributed by atoms with E-state index in [1.807, 2.05) is 0 Å². The van der Waals surface area contributed by atoms with Gasteiger partial charge < -0.3 is 29.7 Å². The second-order valence-electron chi connectivity index (χ2n) is 6.88. The number of carbonyl (C=O) groups is 1. The zero-order valence-electron chi connectivity index (χ0n) is 17.9. The van der Waals surface area contributed by atoms with Gasteiger partial charge in [-0.3, -0.25) is 4.79 Å². The van der Waals surface area contributed by atoms with E-state index in [4.69, 9.17) is 21.7 Å². The first-order valence-corrected chi connectivity index (χ1v) is 9.99. The molecule has 10 heteroatoms. The lowest BCUT2D eigenvalue weighted by atomic mass is 9.93. The van der Waals surface area contributed by atoms with Crippen LogP contribution in [0.25, 0.3) is 0 Å². The van der Waals surface area contributed by atoms with Crippen LogP contribution in [-0.4, -0.2) is 43.8 Å². The Balaban J connectivity index is 2.06. The van der Waals surface area contributed by atoms with Gasteiger partial charge in [-0.05, 0) is 37.3 Å². The average molecular weight is 464 g/mol. The molecule has 1 atom stereocenters. The van der Waals surface area contributed by atoms with Crippen LogP contribution in [-0.2, 0) is 4.79 Å². The number of carbonyl (C=O) groups excluding carboxylic acids is 1. The van der Waals surface area contributed by atoms with E-state index >= 15 is 0 Å². The van der Waals surface area contributed by atoms with Crippen LogP contribution in [0.5, 0.6) is 17.2 Å². The molecule has 1 unspecified atom stereocenters. The minimum atomic E-state index is -3.02. The molecule has 2 aromatic rings. The van der Waals surface area contributed by atoms with Gasteiger partial charge in [0.2, 0.25) is 0 Å². The predicted octanol–water partition coefficient (Wildman–Crippen LogP) is 4.08. The summed E-state index contributed by atoms with van der Waals surface area (Å²) in [7, 11) is 4.70. The largest absolute Gasteiger partial charge is 0.497 e. The third kappa shape index (κ3) is 4.75. The number of benzene rings is 2. The number of nitrogens with one attached hydrogen (secondary N) is 2. The van der Waals surface area contributed by atoms with Crippen molar-refractivity contribution in [3.8, 4) is 17.2 Å². The fraction of sp³-hybridized carbons (Fsp3) is 0.273. The first kappa shape index (κ1) is 23.3. The highest BCUT2D eigenvalue weighted by atomic mass is 32.1. The van der Waals surface area contributed by atoms with Crippen LogP contribution >= 0.6 is 12.2 Å². The van der Waals surface area contributed by atoms with E-state index in [2.05, 4.69) is 15.4 Å². The lowest BCUT2D eigenvalue weighted by Gasteiger charge is -2.36. The quantitative estimate of drug-likeness (QED) is 0.600. The number of ether oxygens (including phenoxy) is 3. The maximum Gasteiger partial charge on any atom is 0.387 e. The van der Waals surface area contributed by atoms with E-state index in [1.165, 1.54) is 20.3 Å². The van der Waals surface area contributed by atoms with Crippen molar-refractivity contribution in [2.75, 3.05) is 26.6 Å². The van der Waals surface area contributed by atoms with Crippen molar-refractivity contribution < 1.29 is 27.8 Å². The van der Waals surface area contributed by atoms with Crippen molar-refractivity contribution in [3.63, 3.8) is 0 Å². The summed E-state index contributed by atoms with van der Waals surface area (Å²) in [6.45, 7) is -1.29. The molecule has 0 aliphatic carbocycles. The number of allylic oxidation sites excluding steroid dienone is 1. The smallest absolute Gasteiger partial charge is 0.387 e. The standard InChI is InChI=1S/C22H23F2N3O4S/c1-12-18(20(28)25-15-11-13(29-3)9-10-17(15)30-4)19(26-22(32)27(12)2)14-7-5-6-8-16(14)31-21(23)24/h5-11,19,21H,1-4H3,(H,25,28)(H,26,32). The van der Waals surface area contributed by atoms with Gasteiger partial charge in [0.1, 0.15) is 17.2 Å². The highest BCUT2D eigenvalue weighted by Crippen LogP contribution is 2.37. The second-order valence-corrected chi connectivity index (χ2v) is 7.26. The van der Waals surface area contributed by atoms with E-state index < -0.39 is 18.6 Å². The summed E-state index contributed by atoms with van der Waals surface area (Å²) in [6.07, 6.45) is 0. The topological polar surface area (TPSA) is 72.1 Å². The van der Waals surface area contributed by atoms with E-state index in [0.29, 0.717) is 33.6 Å². The molecule has 1 aliphatic rings. The maximum atomic E-state index is 13.5. The number of alkyl halides is 2. The average Bonchev–Trinajstić information content (AvgIpc) is 2.77. The number of amides is 1. The first-order chi connectivity index (χ1) is 15.3. The zero-order chi connectivity index (χ0) is 23.4. The molecule has 0 radical (unpaired) electrons. The molecule has 0 fully saturated rings. The highest BCUT2D eigenvalue weighted by molar-refractivity contribution is 7.80. The summed E-state index contributed by atoms with van der Waals surface area (Å²) >= 11 is 5.38. The molecule has 0 aromatic heterocycles. The predicted molar refractivity (Wildman–Crippen MR) is 120 cm³/mol. The summed E-state index contributed by atoms with van der Waals surface area (Å²) in [6, 6.07) is 10.5.